The summed E-state index contributed by atoms with van der Waals surface area (Å²) in [5, 5.41) is 4.04. The lowest BCUT2D eigenvalue weighted by atomic mass is 10.1. The summed E-state index contributed by atoms with van der Waals surface area (Å²) in [4.78, 5) is 29.9. The van der Waals surface area contributed by atoms with Crippen molar-refractivity contribution in [3.8, 4) is 5.75 Å². The van der Waals surface area contributed by atoms with Gasteiger partial charge < -0.3 is 24.3 Å². The Morgan fingerprint density at radius 3 is 2.64 bits per heavy atom. The molecule has 0 saturated carbocycles. The van der Waals surface area contributed by atoms with Gasteiger partial charge in [0.1, 0.15) is 17.1 Å². The zero-order valence-electron chi connectivity index (χ0n) is 18.8. The first kappa shape index (κ1) is 21.4. The summed E-state index contributed by atoms with van der Waals surface area (Å²) in [5.74, 6) is 1.22. The molecule has 172 valence electrons. The number of para-hydroxylation sites is 3. The fourth-order valence-corrected chi connectivity index (χ4v) is 4.65. The van der Waals surface area contributed by atoms with E-state index in [-0.39, 0.29) is 24.4 Å². The minimum atomic E-state index is -0.612. The first-order valence-electron chi connectivity index (χ1n) is 11.7. The van der Waals surface area contributed by atoms with E-state index >= 15 is 0 Å². The van der Waals surface area contributed by atoms with Crippen LogP contribution in [0, 0.1) is 0 Å². The molecule has 33 heavy (non-hydrogen) atoms. The Morgan fingerprint density at radius 2 is 1.82 bits per heavy atom. The van der Waals surface area contributed by atoms with Crippen LogP contribution in [0.1, 0.15) is 38.0 Å². The fourth-order valence-electron chi connectivity index (χ4n) is 4.65. The molecule has 0 bridgehead atoms. The molecule has 0 radical (unpaired) electrons. The second kappa shape index (κ2) is 9.17. The maximum absolute atomic E-state index is 13.1. The number of ether oxygens (including phenoxy) is 1. The molecule has 0 aliphatic carbocycles. The highest BCUT2D eigenvalue weighted by atomic mass is 16.5. The lowest BCUT2D eigenvalue weighted by Gasteiger charge is -2.38. The summed E-state index contributed by atoms with van der Waals surface area (Å²) in [6.07, 6.45) is 2.61. The molecule has 0 spiro atoms. The van der Waals surface area contributed by atoms with Gasteiger partial charge in [-0.2, -0.15) is 0 Å². The van der Waals surface area contributed by atoms with Crippen molar-refractivity contribution < 1.29 is 18.7 Å². The second-order valence-corrected chi connectivity index (χ2v) is 8.82. The minimum Gasteiger partial charge on any atom is -0.477 e. The molecule has 1 aromatic heterocycles. The van der Waals surface area contributed by atoms with E-state index in [0.717, 1.165) is 49.0 Å². The zero-order valence-corrected chi connectivity index (χ0v) is 18.8. The molecule has 2 aliphatic rings. The number of amides is 2. The molecule has 1 N–H and O–H groups in total. The van der Waals surface area contributed by atoms with Crippen molar-refractivity contribution in [3.05, 3.63) is 60.4 Å². The van der Waals surface area contributed by atoms with Crippen LogP contribution in [0.3, 0.4) is 0 Å². The van der Waals surface area contributed by atoms with Crippen LogP contribution in [0.25, 0.3) is 11.0 Å². The lowest BCUT2D eigenvalue weighted by molar-refractivity contribution is -0.139. The summed E-state index contributed by atoms with van der Waals surface area (Å²) in [5.41, 5.74) is 1.63. The third-order valence-electron chi connectivity index (χ3n) is 6.39. The fraction of sp³-hybridized carbons (Fsp3) is 0.385. The third kappa shape index (κ3) is 4.53. The van der Waals surface area contributed by atoms with E-state index in [1.165, 1.54) is 0 Å². The SMILES string of the molecule is C[C@H](NC(=O)CN1C[C@H](C(=O)N2CCCCC2)Oc2ccccc21)c1cc2ccccc2o1. The van der Waals surface area contributed by atoms with Crippen LogP contribution in [0.15, 0.2) is 59.0 Å². The van der Waals surface area contributed by atoms with Crippen molar-refractivity contribution >= 4 is 28.5 Å². The topological polar surface area (TPSA) is 75.0 Å². The first-order chi connectivity index (χ1) is 16.1. The average Bonchev–Trinajstić information content (AvgIpc) is 3.29. The van der Waals surface area contributed by atoms with Crippen LogP contribution >= 0.6 is 0 Å². The summed E-state index contributed by atoms with van der Waals surface area (Å²) >= 11 is 0. The quantitative estimate of drug-likeness (QED) is 0.642. The van der Waals surface area contributed by atoms with Gasteiger partial charge in [-0.1, -0.05) is 30.3 Å². The van der Waals surface area contributed by atoms with Crippen LogP contribution in [-0.2, 0) is 9.59 Å². The zero-order chi connectivity index (χ0) is 22.8. The number of hydrogen-bond donors (Lipinski definition) is 1. The standard InChI is InChI=1S/C26H29N3O4/c1-18(23-15-19-9-3-5-11-21(19)32-23)27-25(30)17-29-16-24(26(31)28-13-7-2-8-14-28)33-22-12-6-4-10-20(22)29/h3-6,9-12,15,18,24H,2,7-8,13-14,16-17H2,1H3,(H,27,30)/t18-,24+/m0/s1. The Morgan fingerprint density at radius 1 is 1.06 bits per heavy atom. The monoisotopic (exact) mass is 447 g/mol. The van der Waals surface area contributed by atoms with Crippen LogP contribution < -0.4 is 15.0 Å². The van der Waals surface area contributed by atoms with Crippen molar-refractivity contribution in [2.75, 3.05) is 31.1 Å². The number of carbonyl (C=O) groups excluding carboxylic acids is 2. The molecule has 2 amide bonds. The highest BCUT2D eigenvalue weighted by molar-refractivity contribution is 5.86. The van der Waals surface area contributed by atoms with Crippen LogP contribution in [0.4, 0.5) is 5.69 Å². The molecule has 1 saturated heterocycles. The van der Waals surface area contributed by atoms with Crippen molar-refractivity contribution in [2.45, 2.75) is 38.3 Å². The molecule has 0 unspecified atom stereocenters. The minimum absolute atomic E-state index is 0.00487. The number of piperidine rings is 1. The van der Waals surface area contributed by atoms with E-state index in [2.05, 4.69) is 5.32 Å². The molecule has 3 heterocycles. The third-order valence-corrected chi connectivity index (χ3v) is 6.39. The van der Waals surface area contributed by atoms with E-state index in [4.69, 9.17) is 9.15 Å². The number of likely N-dealkylation sites (tertiary alicyclic amines) is 1. The van der Waals surface area contributed by atoms with Gasteiger partial charge in [-0.15, -0.1) is 0 Å². The largest absolute Gasteiger partial charge is 0.477 e. The average molecular weight is 448 g/mol. The Balaban J connectivity index is 1.28. The van der Waals surface area contributed by atoms with Gasteiger partial charge in [-0.25, -0.2) is 0 Å². The van der Waals surface area contributed by atoms with Crippen molar-refractivity contribution in [1.82, 2.24) is 10.2 Å². The van der Waals surface area contributed by atoms with Gasteiger partial charge in [0.15, 0.2) is 6.10 Å². The number of nitrogens with one attached hydrogen (secondary N) is 1. The maximum Gasteiger partial charge on any atom is 0.265 e. The number of furan rings is 1. The molecule has 5 rings (SSSR count). The van der Waals surface area contributed by atoms with Crippen molar-refractivity contribution in [1.29, 1.82) is 0 Å². The molecular weight excluding hydrogens is 418 g/mol. The number of benzene rings is 2. The van der Waals surface area contributed by atoms with Crippen molar-refractivity contribution in [3.63, 3.8) is 0 Å². The molecule has 3 aromatic rings. The Bertz CT molecular complexity index is 1120. The van der Waals surface area contributed by atoms with Gasteiger partial charge in [0.25, 0.3) is 5.91 Å². The molecule has 1 fully saturated rings. The summed E-state index contributed by atoms with van der Waals surface area (Å²) < 4.78 is 12.0. The second-order valence-electron chi connectivity index (χ2n) is 8.82. The maximum atomic E-state index is 13.1. The predicted octanol–water partition coefficient (Wildman–Crippen LogP) is 3.89. The predicted molar refractivity (Wildman–Crippen MR) is 126 cm³/mol. The molecule has 2 aromatic carbocycles. The number of hydrogen-bond acceptors (Lipinski definition) is 5. The molecular formula is C26H29N3O4. The van der Waals surface area contributed by atoms with E-state index < -0.39 is 6.10 Å². The van der Waals surface area contributed by atoms with E-state index in [9.17, 15) is 9.59 Å². The van der Waals surface area contributed by atoms with E-state index in [0.29, 0.717) is 18.1 Å². The highest BCUT2D eigenvalue weighted by Crippen LogP contribution is 2.33. The molecule has 2 atom stereocenters. The van der Waals surface area contributed by atoms with Crippen LogP contribution in [0.5, 0.6) is 5.75 Å². The van der Waals surface area contributed by atoms with Gasteiger partial charge in [-0.05, 0) is 50.5 Å². The number of anilines is 1. The van der Waals surface area contributed by atoms with E-state index in [1.807, 2.05) is 71.3 Å². The van der Waals surface area contributed by atoms with Crippen LogP contribution in [-0.4, -0.2) is 49.0 Å². The Labute approximate surface area is 193 Å². The molecule has 2 aliphatic heterocycles. The first-order valence-corrected chi connectivity index (χ1v) is 11.7. The lowest BCUT2D eigenvalue weighted by Crippen LogP contribution is -2.53. The number of rotatable bonds is 5. The normalized spacial score (nSPS) is 19.0. The highest BCUT2D eigenvalue weighted by Gasteiger charge is 2.34. The Hall–Kier alpha value is -3.48. The van der Waals surface area contributed by atoms with Crippen LogP contribution in [0.2, 0.25) is 0 Å². The van der Waals surface area contributed by atoms with Gasteiger partial charge in [-0.3, -0.25) is 9.59 Å². The van der Waals surface area contributed by atoms with Gasteiger partial charge in [0.2, 0.25) is 5.91 Å². The van der Waals surface area contributed by atoms with Gasteiger partial charge >= 0.3 is 0 Å². The number of nitrogens with zero attached hydrogens (tertiary/aromatic N) is 2. The van der Waals surface area contributed by atoms with Crippen molar-refractivity contribution in [2.24, 2.45) is 0 Å². The summed E-state index contributed by atoms with van der Waals surface area (Å²) in [6.45, 7) is 3.94. The molecule has 7 heteroatoms. The number of carbonyl (C=O) groups is 2. The van der Waals surface area contributed by atoms with Gasteiger partial charge in [0, 0.05) is 18.5 Å². The molecule has 7 nitrogen and oxygen atoms in total. The number of fused-ring (bicyclic) bond motifs is 2. The Kier molecular flexibility index (Phi) is 5.94. The van der Waals surface area contributed by atoms with Gasteiger partial charge in [0.05, 0.1) is 24.8 Å². The smallest absolute Gasteiger partial charge is 0.265 e. The van der Waals surface area contributed by atoms with E-state index in [1.54, 1.807) is 0 Å². The summed E-state index contributed by atoms with van der Waals surface area (Å²) in [7, 11) is 0. The summed E-state index contributed by atoms with van der Waals surface area (Å²) in [6, 6.07) is 17.0.